The molecule has 1 aromatic heterocycles. The third-order valence-corrected chi connectivity index (χ3v) is 18.9. The SMILES string of the molecule is C=CC(=O)Nc1ccc(/C=C2\NC(=O)C=C2c2ccc(Cl)cc2)cc1.COC(=O)c1ccc(/C=C2\NC(=O)C(C(O)c3ccc(C(=O)OC)cc3)=C2c2ccc(Cl)cc2)cc1.COC(=O)c1ccc(/C=C2\NC(=O)C=C2c2ccc(Cl)cc2)cc1.COc1ccc(C(O)C2=C(c3ccc(C)cc3)/C(=C/c3ccncc3)NC2=O)cc1. The Labute approximate surface area is 677 Å². The average molecular weight is 1590 g/mol. The maximum absolute atomic E-state index is 13.1. The van der Waals surface area contributed by atoms with E-state index in [2.05, 4.69) is 42.9 Å². The number of aromatic nitrogens is 1. The van der Waals surface area contributed by atoms with E-state index in [0.717, 1.165) is 61.4 Å². The number of anilines is 1. The predicted molar refractivity (Wildman–Crippen MR) is 446 cm³/mol. The van der Waals surface area contributed by atoms with Crippen LogP contribution < -0.4 is 31.3 Å². The molecular weight excluding hydrogens is 1520 g/mol. The number of rotatable bonds is 18. The Kier molecular flexibility index (Phi) is 27.4. The summed E-state index contributed by atoms with van der Waals surface area (Å²) >= 11 is 17.9. The molecule has 576 valence electrons. The van der Waals surface area contributed by atoms with Gasteiger partial charge in [0.25, 0.3) is 11.8 Å². The average Bonchev–Trinajstić information content (AvgIpc) is 1.63. The molecule has 0 saturated carbocycles. The van der Waals surface area contributed by atoms with Crippen LogP contribution in [0.4, 0.5) is 5.69 Å². The van der Waals surface area contributed by atoms with E-state index in [0.29, 0.717) is 93.7 Å². The summed E-state index contributed by atoms with van der Waals surface area (Å²) in [5.41, 5.74) is 16.6. The maximum atomic E-state index is 13.1. The number of nitrogens with one attached hydrogen (secondary N) is 5. The largest absolute Gasteiger partial charge is 0.497 e. The molecule has 4 aliphatic rings. The van der Waals surface area contributed by atoms with Crippen LogP contribution in [0.25, 0.3) is 46.6 Å². The van der Waals surface area contributed by atoms with Crippen LogP contribution >= 0.6 is 34.8 Å². The number of carbonyl (C=O) groups excluding carboxylic acids is 8. The third-order valence-electron chi connectivity index (χ3n) is 18.1. The highest BCUT2D eigenvalue weighted by Crippen LogP contribution is 2.41. The number of hydrogen-bond acceptors (Lipinski definition) is 15. The van der Waals surface area contributed by atoms with Crippen molar-refractivity contribution in [1.82, 2.24) is 26.3 Å². The molecule has 14 rings (SSSR count). The number of aliphatic hydroxyl groups is 2. The smallest absolute Gasteiger partial charge is 0.337 e. The minimum Gasteiger partial charge on any atom is -0.497 e. The number of aliphatic hydroxyl groups excluding tert-OH is 2. The molecule has 2 atom stereocenters. The molecule has 115 heavy (non-hydrogen) atoms. The zero-order valence-corrected chi connectivity index (χ0v) is 64.6. The first-order valence-corrected chi connectivity index (χ1v) is 36.5. The number of allylic oxidation sites excluding steroid dienone is 4. The lowest BCUT2D eigenvalue weighted by Crippen LogP contribution is -2.19. The Bertz CT molecular complexity index is 5620. The van der Waals surface area contributed by atoms with E-state index in [4.69, 9.17) is 49.0 Å². The van der Waals surface area contributed by atoms with Gasteiger partial charge in [-0.15, -0.1) is 0 Å². The number of halogens is 3. The van der Waals surface area contributed by atoms with Gasteiger partial charge in [-0.1, -0.05) is 168 Å². The number of carbonyl (C=O) groups is 8. The Morgan fingerprint density at radius 2 is 0.748 bits per heavy atom. The van der Waals surface area contributed by atoms with Gasteiger partial charge in [-0.05, 0) is 202 Å². The molecule has 20 nitrogen and oxygen atoms in total. The van der Waals surface area contributed by atoms with Crippen LogP contribution in [-0.2, 0) is 38.2 Å². The van der Waals surface area contributed by atoms with Gasteiger partial charge in [-0.25, -0.2) is 14.4 Å². The predicted octanol–water partition coefficient (Wildman–Crippen LogP) is 16.3. The lowest BCUT2D eigenvalue weighted by molar-refractivity contribution is -0.118. The van der Waals surface area contributed by atoms with Crippen LogP contribution in [0.2, 0.25) is 15.1 Å². The van der Waals surface area contributed by atoms with Crippen molar-refractivity contribution in [3.8, 4) is 5.75 Å². The lowest BCUT2D eigenvalue weighted by atomic mass is 9.92. The van der Waals surface area contributed by atoms with E-state index in [-0.39, 0.29) is 35.2 Å². The topological polar surface area (TPSA) is 287 Å². The maximum Gasteiger partial charge on any atom is 0.337 e. The van der Waals surface area contributed by atoms with Gasteiger partial charge in [0.2, 0.25) is 17.7 Å². The van der Waals surface area contributed by atoms with Crippen LogP contribution in [0.5, 0.6) is 5.75 Å². The fourth-order valence-electron chi connectivity index (χ4n) is 12.3. The van der Waals surface area contributed by atoms with E-state index in [1.54, 1.807) is 183 Å². The quantitative estimate of drug-likeness (QED) is 0.0239. The second-order valence-electron chi connectivity index (χ2n) is 25.7. The number of hydrogen-bond donors (Lipinski definition) is 7. The number of nitrogens with zero attached hydrogens (tertiary/aromatic N) is 1. The Balaban J connectivity index is 0.000000153. The number of methoxy groups -OCH3 is 4. The van der Waals surface area contributed by atoms with Crippen molar-refractivity contribution < 1.29 is 67.5 Å². The molecule has 5 amide bonds. The third kappa shape index (κ3) is 21.0. The number of pyridine rings is 1. The van der Waals surface area contributed by atoms with Crippen molar-refractivity contribution in [2.45, 2.75) is 19.1 Å². The van der Waals surface area contributed by atoms with Crippen LogP contribution in [0.1, 0.15) is 104 Å². The van der Waals surface area contributed by atoms with Crippen LogP contribution in [0, 0.1) is 6.92 Å². The number of aryl methyl sites for hydroxylation is 1. The standard InChI is InChI=1S/C28H22ClNO6.C25H22N2O3.C20H15ClN2O2.C19H14ClNO3/c1-35-27(33)19-5-3-16(4-6-19)15-22-23(17-11-13-21(29)14-12-17)24(26(32)30-22)25(31)18-7-9-20(10-8-18)28(34)36-2;1-16-3-5-18(6-4-16)22-21(15-17-11-13-26-14-12-17)27-25(29)23(22)24(28)19-7-9-20(30-2)10-8-19;1-2-19(24)22-16-9-3-13(4-10-16)11-18-17(12-20(25)23-18)14-5-7-15(21)8-6-14;1-24-19(23)14-4-2-12(3-5-14)10-17-16(11-18(22)21-17)13-6-8-15(20)9-7-13/h3-15,25,31H,1-2H3,(H,30,32);3-15,24,28H,1-2H3,(H,27,29);2-12H,1H2,(H,22,24)(H,23,25);2-11H,1H3,(H,21,22)/b22-15-;21-15-;18-11-;17-10-. The zero-order chi connectivity index (χ0) is 81.8. The molecule has 4 aliphatic heterocycles. The lowest BCUT2D eigenvalue weighted by Gasteiger charge is -2.14. The molecule has 0 spiro atoms. The van der Waals surface area contributed by atoms with Crippen molar-refractivity contribution in [1.29, 1.82) is 0 Å². The summed E-state index contributed by atoms with van der Waals surface area (Å²) in [5, 5.41) is 38.3. The van der Waals surface area contributed by atoms with Crippen LogP contribution in [0.15, 0.2) is 302 Å². The van der Waals surface area contributed by atoms with Crippen LogP contribution in [-0.4, -0.2) is 91.1 Å². The fraction of sp³-hybridized carbons (Fsp3) is 0.0761. The van der Waals surface area contributed by atoms with E-state index in [1.807, 2.05) is 97.9 Å². The van der Waals surface area contributed by atoms with E-state index < -0.39 is 30.1 Å². The highest BCUT2D eigenvalue weighted by atomic mass is 35.5. The van der Waals surface area contributed by atoms with Crippen LogP contribution in [0.3, 0.4) is 0 Å². The molecule has 5 heterocycles. The zero-order valence-electron chi connectivity index (χ0n) is 62.4. The molecule has 23 heteroatoms. The minimum atomic E-state index is -1.27. The van der Waals surface area contributed by atoms with Crippen molar-refractivity contribution >= 4 is 135 Å². The molecule has 0 radical (unpaired) electrons. The highest BCUT2D eigenvalue weighted by molar-refractivity contribution is 6.31. The molecule has 7 N–H and O–H groups in total. The number of amides is 5. The summed E-state index contributed by atoms with van der Waals surface area (Å²) in [7, 11) is 5.53. The Morgan fingerprint density at radius 3 is 1.11 bits per heavy atom. The first-order valence-electron chi connectivity index (χ1n) is 35.4. The van der Waals surface area contributed by atoms with Crippen molar-refractivity contribution in [2.75, 3.05) is 33.8 Å². The Hall–Kier alpha value is -13.9. The van der Waals surface area contributed by atoms with E-state index in [1.165, 1.54) is 39.5 Å². The van der Waals surface area contributed by atoms with Gasteiger partial charge in [0.1, 0.15) is 18.0 Å². The van der Waals surface area contributed by atoms with Gasteiger partial charge in [0.15, 0.2) is 0 Å². The molecule has 0 saturated heterocycles. The minimum absolute atomic E-state index is 0.153. The normalized spacial score (nSPS) is 15.3. The summed E-state index contributed by atoms with van der Waals surface area (Å²) in [6.45, 7) is 5.43. The molecule has 10 aromatic rings. The van der Waals surface area contributed by atoms with Gasteiger partial charge in [-0.2, -0.15) is 0 Å². The summed E-state index contributed by atoms with van der Waals surface area (Å²) < 4.78 is 19.3. The second kappa shape index (κ2) is 38.4. The summed E-state index contributed by atoms with van der Waals surface area (Å²) in [4.78, 5) is 99.9. The van der Waals surface area contributed by atoms with Gasteiger partial charge in [-0.3, -0.25) is 29.0 Å². The van der Waals surface area contributed by atoms with Gasteiger partial charge < -0.3 is 55.7 Å². The van der Waals surface area contributed by atoms with Crippen molar-refractivity contribution in [3.63, 3.8) is 0 Å². The second-order valence-corrected chi connectivity index (χ2v) is 27.0. The number of ether oxygens (including phenoxy) is 4. The number of benzene rings is 9. The van der Waals surface area contributed by atoms with Gasteiger partial charge in [0, 0.05) is 79.0 Å². The molecule has 2 unspecified atom stereocenters. The number of esters is 3. The molecule has 9 aromatic carbocycles. The molecule has 0 fully saturated rings. The summed E-state index contributed by atoms with van der Waals surface area (Å²) in [6.07, 6.45) is 12.8. The highest BCUT2D eigenvalue weighted by Gasteiger charge is 2.36. The van der Waals surface area contributed by atoms with Crippen molar-refractivity contribution in [3.05, 3.63) is 395 Å². The van der Waals surface area contributed by atoms with Gasteiger partial charge in [0.05, 0.1) is 67.7 Å². The van der Waals surface area contributed by atoms with Crippen molar-refractivity contribution in [2.24, 2.45) is 0 Å². The first-order chi connectivity index (χ1) is 55.5. The summed E-state index contributed by atoms with van der Waals surface area (Å²) in [5.74, 6) is -2.01. The Morgan fingerprint density at radius 1 is 0.417 bits per heavy atom. The first kappa shape index (κ1) is 82.1. The van der Waals surface area contributed by atoms with E-state index in [9.17, 15) is 48.6 Å². The van der Waals surface area contributed by atoms with Gasteiger partial charge >= 0.3 is 17.9 Å². The molecule has 0 aliphatic carbocycles. The fourth-order valence-corrected chi connectivity index (χ4v) is 12.6. The summed E-state index contributed by atoms with van der Waals surface area (Å²) in [6, 6.07) is 67.4. The van der Waals surface area contributed by atoms with E-state index >= 15 is 0 Å². The monoisotopic (exact) mass is 1590 g/mol. The molecule has 0 bridgehead atoms. The molecular formula is C92H73Cl3N6O14.